The lowest BCUT2D eigenvalue weighted by Gasteiger charge is -2.35. The van der Waals surface area contributed by atoms with Gasteiger partial charge in [-0.15, -0.1) is 0 Å². The van der Waals surface area contributed by atoms with Gasteiger partial charge in [0.1, 0.15) is 0 Å². The quantitative estimate of drug-likeness (QED) is 0.758. The number of hydrogen-bond acceptors (Lipinski definition) is 2. The highest BCUT2D eigenvalue weighted by atomic mass is 16.1. The van der Waals surface area contributed by atoms with E-state index in [9.17, 15) is 4.79 Å². The molecule has 0 bridgehead atoms. The maximum atomic E-state index is 12.6. The van der Waals surface area contributed by atoms with Crippen LogP contribution in [0.2, 0.25) is 0 Å². The summed E-state index contributed by atoms with van der Waals surface area (Å²) in [5.41, 5.74) is 3.09. The molecule has 0 aliphatic heterocycles. The molecule has 0 aromatic heterocycles. The zero-order chi connectivity index (χ0) is 16.2. The highest BCUT2D eigenvalue weighted by molar-refractivity contribution is 5.97. The normalized spacial score (nSPS) is 11.7. The second-order valence-electron chi connectivity index (χ2n) is 6.81. The first-order chi connectivity index (χ1) is 10.4. The highest BCUT2D eigenvalue weighted by Crippen LogP contribution is 2.18. The Morgan fingerprint density at radius 2 is 1.68 bits per heavy atom. The maximum Gasteiger partial charge on any atom is 0.176 e. The lowest BCUT2D eigenvalue weighted by Crippen LogP contribution is -2.43. The van der Waals surface area contributed by atoms with E-state index in [1.165, 1.54) is 5.56 Å². The van der Waals surface area contributed by atoms with Crippen molar-refractivity contribution in [3.63, 3.8) is 0 Å². The molecule has 2 nitrogen and oxygen atoms in total. The van der Waals surface area contributed by atoms with E-state index >= 15 is 0 Å². The molecule has 2 aromatic carbocycles. The van der Waals surface area contributed by atoms with Crippen LogP contribution in [0.3, 0.4) is 0 Å². The predicted octanol–water partition coefficient (Wildman–Crippen LogP) is 4.48. The van der Waals surface area contributed by atoms with Crippen LogP contribution in [-0.2, 0) is 6.54 Å². The molecule has 0 saturated carbocycles. The van der Waals surface area contributed by atoms with Gasteiger partial charge in [0.05, 0.1) is 6.54 Å². The van der Waals surface area contributed by atoms with E-state index in [-0.39, 0.29) is 11.3 Å². The standard InChI is InChI=1S/C20H25NO/c1-16-9-8-12-18(13-16)19(22)15-21(20(2,3)4)14-17-10-6-5-7-11-17/h5-13H,14-15H2,1-4H3. The monoisotopic (exact) mass is 295 g/mol. The van der Waals surface area contributed by atoms with Crippen LogP contribution < -0.4 is 0 Å². The summed E-state index contributed by atoms with van der Waals surface area (Å²) in [7, 11) is 0. The summed E-state index contributed by atoms with van der Waals surface area (Å²) >= 11 is 0. The molecule has 2 rings (SSSR count). The van der Waals surface area contributed by atoms with Crippen molar-refractivity contribution in [3.8, 4) is 0 Å². The van der Waals surface area contributed by atoms with Crippen molar-refractivity contribution in [2.45, 2.75) is 39.8 Å². The van der Waals surface area contributed by atoms with Crippen LogP contribution in [0.1, 0.15) is 42.3 Å². The van der Waals surface area contributed by atoms with Crippen molar-refractivity contribution >= 4 is 5.78 Å². The molecule has 0 unspecified atom stereocenters. The number of benzene rings is 2. The second-order valence-corrected chi connectivity index (χ2v) is 6.81. The third kappa shape index (κ3) is 4.54. The summed E-state index contributed by atoms with van der Waals surface area (Å²) in [6.07, 6.45) is 0. The number of hydrogen-bond donors (Lipinski definition) is 0. The molecule has 0 heterocycles. The average Bonchev–Trinajstić information content (AvgIpc) is 2.46. The molecular weight excluding hydrogens is 270 g/mol. The van der Waals surface area contributed by atoms with Crippen LogP contribution in [0, 0.1) is 6.92 Å². The van der Waals surface area contributed by atoms with Gasteiger partial charge in [-0.3, -0.25) is 9.69 Å². The number of carbonyl (C=O) groups excluding carboxylic acids is 1. The molecule has 0 radical (unpaired) electrons. The number of Topliss-reactive ketones (excluding diaryl/α,β-unsaturated/α-hetero) is 1. The van der Waals surface area contributed by atoms with Crippen molar-refractivity contribution in [2.24, 2.45) is 0 Å². The molecule has 0 fully saturated rings. The first-order valence-corrected chi connectivity index (χ1v) is 7.75. The molecule has 2 aromatic rings. The Morgan fingerprint density at radius 3 is 2.27 bits per heavy atom. The highest BCUT2D eigenvalue weighted by Gasteiger charge is 2.24. The van der Waals surface area contributed by atoms with Crippen molar-refractivity contribution in [1.29, 1.82) is 0 Å². The van der Waals surface area contributed by atoms with Gasteiger partial charge in [0.15, 0.2) is 5.78 Å². The summed E-state index contributed by atoms with van der Waals surface area (Å²) in [6, 6.07) is 18.1. The second kappa shape index (κ2) is 6.89. The van der Waals surface area contributed by atoms with Crippen LogP contribution in [0.4, 0.5) is 0 Å². The van der Waals surface area contributed by atoms with Crippen LogP contribution in [0.15, 0.2) is 54.6 Å². The Labute approximate surface area is 133 Å². The fourth-order valence-corrected chi connectivity index (χ4v) is 2.42. The molecular formula is C20H25NO. The number of aryl methyl sites for hydroxylation is 1. The first kappa shape index (κ1) is 16.4. The molecule has 0 amide bonds. The van der Waals surface area contributed by atoms with E-state index in [1.807, 2.05) is 49.4 Å². The van der Waals surface area contributed by atoms with Gasteiger partial charge < -0.3 is 0 Å². The van der Waals surface area contributed by atoms with E-state index in [0.29, 0.717) is 6.54 Å². The lowest BCUT2D eigenvalue weighted by molar-refractivity contribution is 0.0793. The van der Waals surface area contributed by atoms with Gasteiger partial charge in [0, 0.05) is 17.6 Å². The smallest absolute Gasteiger partial charge is 0.176 e. The fourth-order valence-electron chi connectivity index (χ4n) is 2.42. The topological polar surface area (TPSA) is 20.3 Å². The van der Waals surface area contributed by atoms with E-state index in [0.717, 1.165) is 17.7 Å². The fraction of sp³-hybridized carbons (Fsp3) is 0.350. The van der Waals surface area contributed by atoms with Gasteiger partial charge >= 0.3 is 0 Å². The van der Waals surface area contributed by atoms with E-state index in [2.05, 4.69) is 37.8 Å². The minimum Gasteiger partial charge on any atom is -0.293 e. The molecule has 22 heavy (non-hydrogen) atoms. The minimum absolute atomic E-state index is 0.0602. The first-order valence-electron chi connectivity index (χ1n) is 7.75. The Bertz CT molecular complexity index is 626. The number of ketones is 1. The van der Waals surface area contributed by atoms with Crippen LogP contribution in [0.25, 0.3) is 0 Å². The molecule has 0 aliphatic carbocycles. The molecule has 116 valence electrons. The lowest BCUT2D eigenvalue weighted by atomic mass is 10.0. The Hall–Kier alpha value is -1.93. The number of rotatable bonds is 5. The van der Waals surface area contributed by atoms with Gasteiger partial charge in [-0.25, -0.2) is 0 Å². The largest absolute Gasteiger partial charge is 0.293 e. The Balaban J connectivity index is 2.15. The molecule has 0 N–H and O–H groups in total. The van der Waals surface area contributed by atoms with E-state index in [4.69, 9.17) is 0 Å². The molecule has 0 spiro atoms. The van der Waals surface area contributed by atoms with E-state index in [1.54, 1.807) is 0 Å². The van der Waals surface area contributed by atoms with Crippen molar-refractivity contribution in [3.05, 3.63) is 71.3 Å². The van der Waals surface area contributed by atoms with Crippen molar-refractivity contribution in [1.82, 2.24) is 4.90 Å². The Morgan fingerprint density at radius 1 is 1.00 bits per heavy atom. The summed E-state index contributed by atoms with van der Waals surface area (Å²) in [6.45, 7) is 9.68. The van der Waals surface area contributed by atoms with Gasteiger partial charge in [-0.1, -0.05) is 54.1 Å². The minimum atomic E-state index is -0.0602. The molecule has 0 saturated heterocycles. The molecule has 0 aliphatic rings. The molecule has 0 atom stereocenters. The predicted molar refractivity (Wildman–Crippen MR) is 92.1 cm³/mol. The van der Waals surface area contributed by atoms with E-state index < -0.39 is 0 Å². The summed E-state index contributed by atoms with van der Waals surface area (Å²) in [5, 5.41) is 0. The van der Waals surface area contributed by atoms with Crippen LogP contribution in [-0.4, -0.2) is 22.8 Å². The third-order valence-corrected chi connectivity index (χ3v) is 3.84. The summed E-state index contributed by atoms with van der Waals surface area (Å²) in [5.74, 6) is 0.176. The zero-order valence-electron chi connectivity index (χ0n) is 14.0. The average molecular weight is 295 g/mol. The van der Waals surface area contributed by atoms with Gasteiger partial charge in [0.2, 0.25) is 0 Å². The van der Waals surface area contributed by atoms with Gasteiger partial charge in [0.25, 0.3) is 0 Å². The van der Waals surface area contributed by atoms with Crippen molar-refractivity contribution in [2.75, 3.05) is 6.54 Å². The third-order valence-electron chi connectivity index (χ3n) is 3.84. The summed E-state index contributed by atoms with van der Waals surface area (Å²) in [4.78, 5) is 14.8. The van der Waals surface area contributed by atoms with Crippen molar-refractivity contribution < 1.29 is 4.79 Å². The van der Waals surface area contributed by atoms with Gasteiger partial charge in [-0.2, -0.15) is 0 Å². The Kier molecular flexibility index (Phi) is 5.15. The SMILES string of the molecule is Cc1cccc(C(=O)CN(Cc2ccccc2)C(C)(C)C)c1. The van der Waals surface area contributed by atoms with Crippen LogP contribution >= 0.6 is 0 Å². The number of carbonyl (C=O) groups is 1. The summed E-state index contributed by atoms with van der Waals surface area (Å²) < 4.78 is 0. The van der Waals surface area contributed by atoms with Gasteiger partial charge in [-0.05, 0) is 39.3 Å². The molecule has 2 heteroatoms. The zero-order valence-corrected chi connectivity index (χ0v) is 14.0. The van der Waals surface area contributed by atoms with Crippen LogP contribution in [0.5, 0.6) is 0 Å². The maximum absolute atomic E-state index is 12.6. The number of nitrogens with zero attached hydrogens (tertiary/aromatic N) is 1.